The van der Waals surface area contributed by atoms with E-state index in [0.29, 0.717) is 30.0 Å². The third kappa shape index (κ3) is 9.41. The number of benzene rings is 1. The Morgan fingerprint density at radius 3 is 2.62 bits per heavy atom. The van der Waals surface area contributed by atoms with Crippen LogP contribution < -0.4 is 15.0 Å². The van der Waals surface area contributed by atoms with Crippen LogP contribution in [0.25, 0.3) is 0 Å². The van der Waals surface area contributed by atoms with Gasteiger partial charge in [-0.05, 0) is 62.5 Å². The largest absolute Gasteiger partial charge is 0.495 e. The second-order valence-electron chi connectivity index (χ2n) is 14.2. The number of halogens is 1. The van der Waals surface area contributed by atoms with E-state index in [1.165, 1.54) is 24.0 Å². The molecule has 2 fully saturated rings. The second-order valence-corrected chi connectivity index (χ2v) is 17.3. The molecule has 3 aliphatic rings. The number of anilines is 1. The molecule has 4 rings (SSSR count). The standard InChI is InChI=1S/C37H52ClN3O9S2/c1-21-11-10-12-29(48-8)37(46)20-28(49-35(45)39-37)22(2)25-19-36(25,4)30(50-34(44)23(3)40(5)31(42)13-14-52-51-9)18-32(43)41(6)26-16-24(15-21)17-27(47-7)33(26)38/h10-12,16-17,22-23,25,28-30,46H,13-15,18-20H2,1-9H3,(H,39,45)/b12-10+,21-11+/t22-,23+,25-,28+,29-,30+,36-,37+/m1/s1. The van der Waals surface area contributed by atoms with Crippen LogP contribution in [0.4, 0.5) is 10.5 Å². The second kappa shape index (κ2) is 17.5. The van der Waals surface area contributed by atoms with Crippen molar-refractivity contribution in [3.63, 3.8) is 0 Å². The molecule has 2 aliphatic heterocycles. The van der Waals surface area contributed by atoms with Gasteiger partial charge in [-0.2, -0.15) is 0 Å². The molecule has 1 saturated carbocycles. The van der Waals surface area contributed by atoms with Gasteiger partial charge in [0.05, 0.1) is 19.2 Å². The van der Waals surface area contributed by atoms with E-state index in [1.54, 1.807) is 54.8 Å². The number of hydrogen-bond donors (Lipinski definition) is 2. The maximum absolute atomic E-state index is 14.2. The summed E-state index contributed by atoms with van der Waals surface area (Å²) >= 11 is 6.78. The number of carbonyl (C=O) groups excluding carboxylic acids is 4. The summed E-state index contributed by atoms with van der Waals surface area (Å²) in [6, 6.07) is 2.74. The molecule has 2 heterocycles. The molecule has 1 aliphatic carbocycles. The van der Waals surface area contributed by atoms with Crippen LogP contribution in [0.15, 0.2) is 35.9 Å². The lowest BCUT2D eigenvalue weighted by molar-refractivity contribution is -0.163. The first-order valence-electron chi connectivity index (χ1n) is 17.3. The lowest BCUT2D eigenvalue weighted by atomic mass is 9.83. The zero-order valence-electron chi connectivity index (χ0n) is 31.4. The summed E-state index contributed by atoms with van der Waals surface area (Å²) in [5.74, 6) is -0.613. The minimum atomic E-state index is -1.76. The van der Waals surface area contributed by atoms with Crippen molar-refractivity contribution in [2.45, 2.75) is 89.9 Å². The number of aliphatic hydroxyl groups is 1. The Hall–Kier alpha value is -2.91. The number of methoxy groups -OCH3 is 2. The molecule has 1 saturated heterocycles. The molecular weight excluding hydrogens is 730 g/mol. The monoisotopic (exact) mass is 781 g/mol. The number of carbonyl (C=O) groups is 4. The van der Waals surface area contributed by atoms with Crippen LogP contribution >= 0.6 is 33.2 Å². The number of fused-ring (bicyclic) bond motifs is 5. The number of nitrogens with zero attached hydrogens (tertiary/aromatic N) is 2. The Morgan fingerprint density at radius 1 is 1.25 bits per heavy atom. The van der Waals surface area contributed by atoms with Crippen LogP contribution in [0.2, 0.25) is 5.02 Å². The molecule has 15 heteroatoms. The molecule has 52 heavy (non-hydrogen) atoms. The van der Waals surface area contributed by atoms with E-state index in [-0.39, 0.29) is 47.9 Å². The van der Waals surface area contributed by atoms with Crippen LogP contribution in [0.3, 0.4) is 0 Å². The van der Waals surface area contributed by atoms with Crippen LogP contribution in [0, 0.1) is 17.3 Å². The quantitative estimate of drug-likeness (QED) is 0.179. The summed E-state index contributed by atoms with van der Waals surface area (Å²) in [6.07, 6.45) is 5.16. The average Bonchev–Trinajstić information content (AvgIpc) is 3.80. The van der Waals surface area contributed by atoms with E-state index in [2.05, 4.69) is 5.32 Å². The minimum absolute atomic E-state index is 0.0348. The van der Waals surface area contributed by atoms with Gasteiger partial charge in [-0.25, -0.2) is 9.59 Å². The lowest BCUT2D eigenvalue weighted by Gasteiger charge is -2.42. The van der Waals surface area contributed by atoms with Gasteiger partial charge in [-0.3, -0.25) is 14.9 Å². The fourth-order valence-electron chi connectivity index (χ4n) is 7.16. The van der Waals surface area contributed by atoms with Gasteiger partial charge in [0.2, 0.25) is 11.8 Å². The molecule has 0 spiro atoms. The maximum Gasteiger partial charge on any atom is 0.409 e. The molecule has 12 nitrogen and oxygen atoms in total. The Kier molecular flexibility index (Phi) is 14.1. The van der Waals surface area contributed by atoms with Gasteiger partial charge in [-0.1, -0.05) is 70.8 Å². The van der Waals surface area contributed by atoms with E-state index in [4.69, 9.17) is 30.5 Å². The Bertz CT molecular complexity index is 1580. The number of alkyl carbamates (subject to hydrolysis) is 1. The third-order valence-electron chi connectivity index (χ3n) is 10.8. The molecule has 8 atom stereocenters. The zero-order valence-corrected chi connectivity index (χ0v) is 33.8. The fourth-order valence-corrected chi connectivity index (χ4v) is 8.65. The van der Waals surface area contributed by atoms with Crippen LogP contribution in [0.5, 0.6) is 5.75 Å². The predicted octanol–water partition coefficient (Wildman–Crippen LogP) is 5.78. The summed E-state index contributed by atoms with van der Waals surface area (Å²) < 4.78 is 23.2. The average molecular weight is 782 g/mol. The number of ether oxygens (including phenoxy) is 4. The first-order chi connectivity index (χ1) is 24.5. The number of likely N-dealkylation sites (N-methyl/N-ethyl adjacent to an activating group) is 1. The van der Waals surface area contributed by atoms with Crippen molar-refractivity contribution < 1.29 is 43.2 Å². The molecule has 1 aromatic carbocycles. The van der Waals surface area contributed by atoms with Gasteiger partial charge in [0.15, 0.2) is 5.72 Å². The number of nitrogens with one attached hydrogen (secondary N) is 1. The van der Waals surface area contributed by atoms with E-state index in [0.717, 1.165) is 11.1 Å². The van der Waals surface area contributed by atoms with Gasteiger partial charge < -0.3 is 33.9 Å². The predicted molar refractivity (Wildman–Crippen MR) is 204 cm³/mol. The number of amides is 3. The van der Waals surface area contributed by atoms with Gasteiger partial charge >= 0.3 is 12.1 Å². The summed E-state index contributed by atoms with van der Waals surface area (Å²) in [4.78, 5) is 56.5. The van der Waals surface area contributed by atoms with E-state index < -0.39 is 47.6 Å². The first kappa shape index (κ1) is 41.8. The summed E-state index contributed by atoms with van der Waals surface area (Å²) in [7, 11) is 9.29. The van der Waals surface area contributed by atoms with Crippen LogP contribution in [-0.2, 0) is 35.0 Å². The van der Waals surface area contributed by atoms with Crippen molar-refractivity contribution in [3.05, 3.63) is 46.5 Å². The molecule has 0 unspecified atom stereocenters. The van der Waals surface area contributed by atoms with Crippen molar-refractivity contribution >= 4 is 62.8 Å². The van der Waals surface area contributed by atoms with Crippen molar-refractivity contribution in [1.82, 2.24) is 10.2 Å². The third-order valence-corrected chi connectivity index (χ3v) is 12.9. The van der Waals surface area contributed by atoms with Crippen molar-refractivity contribution in [1.29, 1.82) is 0 Å². The van der Waals surface area contributed by atoms with Gasteiger partial charge in [0.25, 0.3) is 0 Å². The van der Waals surface area contributed by atoms with Gasteiger partial charge in [0.1, 0.15) is 35.1 Å². The lowest BCUT2D eigenvalue weighted by Crippen LogP contribution is -2.63. The number of rotatable bonds is 9. The highest BCUT2D eigenvalue weighted by molar-refractivity contribution is 8.76. The number of esters is 1. The molecule has 0 aromatic heterocycles. The Morgan fingerprint density at radius 2 is 1.96 bits per heavy atom. The molecule has 0 radical (unpaired) electrons. The summed E-state index contributed by atoms with van der Waals surface area (Å²) in [5.41, 5.74) is -0.247. The van der Waals surface area contributed by atoms with Crippen LogP contribution in [0.1, 0.15) is 58.9 Å². The van der Waals surface area contributed by atoms with Crippen LogP contribution in [-0.4, -0.2) is 104 Å². The maximum atomic E-state index is 14.2. The molecule has 2 N–H and O–H groups in total. The summed E-state index contributed by atoms with van der Waals surface area (Å²) in [5, 5.41) is 14.6. The highest BCUT2D eigenvalue weighted by Gasteiger charge is 2.62. The highest BCUT2D eigenvalue weighted by atomic mass is 35.5. The van der Waals surface area contributed by atoms with Crippen molar-refractivity contribution in [3.8, 4) is 5.75 Å². The number of allylic oxidation sites excluding steroid dienone is 3. The minimum Gasteiger partial charge on any atom is -0.495 e. The topological polar surface area (TPSA) is 144 Å². The fraction of sp³-hybridized carbons (Fsp3) is 0.622. The highest BCUT2D eigenvalue weighted by Crippen LogP contribution is 2.61. The van der Waals surface area contributed by atoms with Crippen molar-refractivity contribution in [2.75, 3.05) is 45.2 Å². The zero-order chi connectivity index (χ0) is 38.5. The van der Waals surface area contributed by atoms with E-state index >= 15 is 0 Å². The smallest absolute Gasteiger partial charge is 0.409 e. The SMILES string of the molecule is COc1cc2cc(c1Cl)N(C)C(=O)C[C@H](OC(=O)[C@H](C)N(C)C(=O)CCSSC)[C@]1(C)C[C@@H]1[C@@H](C)[C@@H]1C[C@@](O)(NC(=O)O1)[C@H](OC)/C=C/C=C(\C)C2. The molecular formula is C37H52ClN3O9S2. The molecule has 288 valence electrons. The van der Waals surface area contributed by atoms with E-state index in [9.17, 15) is 24.3 Å². The molecule has 1 aromatic rings. The van der Waals surface area contributed by atoms with E-state index in [1.807, 2.05) is 45.2 Å². The molecule has 3 amide bonds. The first-order valence-corrected chi connectivity index (χ1v) is 20.4. The summed E-state index contributed by atoms with van der Waals surface area (Å²) in [6.45, 7) is 7.42. The molecule has 4 bridgehead atoms. The van der Waals surface area contributed by atoms with Gasteiger partial charge in [0, 0.05) is 45.2 Å². The Balaban J connectivity index is 1.74. The Labute approximate surface area is 319 Å². The number of hydrogen-bond acceptors (Lipinski definition) is 11. The normalized spacial score (nSPS) is 31.6. The van der Waals surface area contributed by atoms with Crippen molar-refractivity contribution in [2.24, 2.45) is 17.3 Å². The van der Waals surface area contributed by atoms with Gasteiger partial charge in [-0.15, -0.1) is 0 Å².